The number of rotatable bonds is 6. The van der Waals surface area contributed by atoms with Gasteiger partial charge in [0.15, 0.2) is 0 Å². The van der Waals surface area contributed by atoms with Gasteiger partial charge >= 0.3 is 0 Å². The van der Waals surface area contributed by atoms with E-state index in [9.17, 15) is 28.8 Å². The van der Waals surface area contributed by atoms with Gasteiger partial charge in [-0.2, -0.15) is 5.26 Å². The number of halogens is 1. The number of ketones is 1. The van der Waals surface area contributed by atoms with Crippen molar-refractivity contribution >= 4 is 23.5 Å². The van der Waals surface area contributed by atoms with Crippen molar-refractivity contribution in [2.75, 3.05) is 6.54 Å². The van der Waals surface area contributed by atoms with Crippen LogP contribution in [-0.4, -0.2) is 57.6 Å². The molecule has 35 heavy (non-hydrogen) atoms. The van der Waals surface area contributed by atoms with Crippen molar-refractivity contribution in [3.63, 3.8) is 0 Å². The third-order valence-electron chi connectivity index (χ3n) is 7.30. The predicted molar refractivity (Wildman–Crippen MR) is 124 cm³/mol. The molecule has 0 bridgehead atoms. The quantitative estimate of drug-likeness (QED) is 0.667. The lowest BCUT2D eigenvalue weighted by molar-refractivity contribution is -0.135. The molecule has 4 atom stereocenters. The summed E-state index contributed by atoms with van der Waals surface area (Å²) in [4.78, 5) is 53.7. The Morgan fingerprint density at radius 3 is 2.71 bits per heavy atom. The smallest absolute Gasteiger partial charge is 0.246 e. The Hall–Kier alpha value is -3.28. The third kappa shape index (κ3) is 5.07. The van der Waals surface area contributed by atoms with E-state index >= 15 is 0 Å². The van der Waals surface area contributed by atoms with Crippen LogP contribution in [0.3, 0.4) is 0 Å². The first-order valence-corrected chi connectivity index (χ1v) is 12.1. The summed E-state index contributed by atoms with van der Waals surface area (Å²) in [6.45, 7) is 5.71. The van der Waals surface area contributed by atoms with Gasteiger partial charge in [0.25, 0.3) is 0 Å². The number of likely N-dealkylation sites (tertiary alicyclic amines) is 1. The first-order valence-electron chi connectivity index (χ1n) is 12.1. The average Bonchev–Trinajstić information content (AvgIpc) is 3.48. The summed E-state index contributed by atoms with van der Waals surface area (Å²) in [6.07, 6.45) is 0.371. The number of benzene rings is 1. The molecular weight excluding hydrogens is 451 g/mol. The van der Waals surface area contributed by atoms with E-state index in [2.05, 4.69) is 5.32 Å². The van der Waals surface area contributed by atoms with Crippen LogP contribution in [0.25, 0.3) is 0 Å². The van der Waals surface area contributed by atoms with Crippen LogP contribution in [0.1, 0.15) is 56.7 Å². The van der Waals surface area contributed by atoms with Crippen LogP contribution in [0.15, 0.2) is 18.2 Å². The summed E-state index contributed by atoms with van der Waals surface area (Å²) < 4.78 is 14.4. The number of amides is 3. The summed E-state index contributed by atoms with van der Waals surface area (Å²) in [6, 6.07) is 6.00. The summed E-state index contributed by atoms with van der Waals surface area (Å²) in [7, 11) is 0. The van der Waals surface area contributed by atoms with Crippen LogP contribution in [0.5, 0.6) is 0 Å². The van der Waals surface area contributed by atoms with E-state index in [1.165, 1.54) is 11.8 Å². The van der Waals surface area contributed by atoms with Gasteiger partial charge in [0, 0.05) is 44.2 Å². The molecule has 0 aliphatic carbocycles. The van der Waals surface area contributed by atoms with Crippen LogP contribution in [0.4, 0.5) is 4.39 Å². The highest BCUT2D eigenvalue weighted by Gasteiger charge is 2.47. The molecule has 0 spiro atoms. The van der Waals surface area contributed by atoms with Gasteiger partial charge < -0.3 is 15.1 Å². The first-order chi connectivity index (χ1) is 16.5. The number of carbonyl (C=O) groups is 4. The van der Waals surface area contributed by atoms with E-state index in [0.717, 1.165) is 16.7 Å². The fourth-order valence-corrected chi connectivity index (χ4v) is 5.23. The van der Waals surface area contributed by atoms with Crippen molar-refractivity contribution in [1.82, 2.24) is 15.1 Å². The van der Waals surface area contributed by atoms with Gasteiger partial charge in [0.1, 0.15) is 23.5 Å². The normalized spacial score (nSPS) is 27.7. The lowest BCUT2D eigenvalue weighted by Gasteiger charge is -2.23. The zero-order valence-corrected chi connectivity index (χ0v) is 20.3. The maximum absolute atomic E-state index is 14.4. The fourth-order valence-electron chi connectivity index (χ4n) is 5.23. The van der Waals surface area contributed by atoms with E-state index in [-0.39, 0.29) is 49.3 Å². The molecule has 3 amide bonds. The molecule has 8 nitrogen and oxygen atoms in total. The molecule has 0 radical (unpaired) electrons. The Kier molecular flexibility index (Phi) is 6.67. The van der Waals surface area contributed by atoms with Crippen molar-refractivity contribution in [2.45, 2.75) is 77.3 Å². The molecule has 1 unspecified atom stereocenters. The zero-order valence-electron chi connectivity index (χ0n) is 20.3. The van der Waals surface area contributed by atoms with E-state index in [1.807, 2.05) is 38.1 Å². The molecule has 9 heteroatoms. The van der Waals surface area contributed by atoms with E-state index in [0.29, 0.717) is 19.5 Å². The van der Waals surface area contributed by atoms with Crippen molar-refractivity contribution in [1.29, 1.82) is 5.26 Å². The minimum atomic E-state index is -1.64. The Balaban J connectivity index is 1.37. The maximum Gasteiger partial charge on any atom is 0.246 e. The second-order valence-corrected chi connectivity index (χ2v) is 10.5. The van der Waals surface area contributed by atoms with Gasteiger partial charge in [0.05, 0.1) is 12.6 Å². The highest BCUT2D eigenvalue weighted by atomic mass is 19.1. The third-order valence-corrected chi connectivity index (χ3v) is 7.30. The number of nitriles is 1. The maximum atomic E-state index is 14.4. The van der Waals surface area contributed by atoms with Crippen LogP contribution < -0.4 is 5.32 Å². The van der Waals surface area contributed by atoms with Gasteiger partial charge in [-0.1, -0.05) is 32.0 Å². The van der Waals surface area contributed by atoms with Crippen molar-refractivity contribution in [3.05, 3.63) is 34.9 Å². The lowest BCUT2D eigenvalue weighted by atomic mass is 9.95. The molecule has 1 aromatic carbocycles. The molecule has 3 heterocycles. The van der Waals surface area contributed by atoms with Crippen molar-refractivity contribution in [3.8, 4) is 6.07 Å². The van der Waals surface area contributed by atoms with Crippen LogP contribution in [0, 0.1) is 23.2 Å². The molecule has 0 saturated carbocycles. The molecule has 1 N–H and O–H groups in total. The predicted octanol–water partition coefficient (Wildman–Crippen LogP) is 2.04. The molecule has 2 fully saturated rings. The number of alkyl halides is 1. The zero-order chi connectivity index (χ0) is 25.5. The minimum absolute atomic E-state index is 0.0354. The molecule has 1 aromatic rings. The Bertz CT molecular complexity index is 1110. The highest BCUT2D eigenvalue weighted by molar-refractivity contribution is 5.94. The molecule has 3 aliphatic rings. The molecule has 3 aliphatic heterocycles. The number of hydrogen-bond donors (Lipinski definition) is 1. The Morgan fingerprint density at radius 1 is 1.29 bits per heavy atom. The summed E-state index contributed by atoms with van der Waals surface area (Å²) in [5.74, 6) is -1.64. The van der Waals surface area contributed by atoms with Crippen LogP contribution in [-0.2, 0) is 38.7 Å². The molecule has 4 rings (SSSR count). The largest absolute Gasteiger partial charge is 0.344 e. The summed E-state index contributed by atoms with van der Waals surface area (Å²) >= 11 is 0. The average molecular weight is 483 g/mol. The molecule has 186 valence electrons. The number of Topliss-reactive ketones (excluding diaryl/α,β-unsaturated/α-hetero) is 1. The van der Waals surface area contributed by atoms with Gasteiger partial charge in [-0.25, -0.2) is 4.39 Å². The number of hydrogen-bond acceptors (Lipinski definition) is 5. The number of carbonyl (C=O) groups excluding carboxylic acids is 4. The van der Waals surface area contributed by atoms with E-state index < -0.39 is 29.6 Å². The van der Waals surface area contributed by atoms with Gasteiger partial charge in [0.2, 0.25) is 17.7 Å². The standard InChI is InChI=1S/C26H31FN4O4/c1-15(2)22(32)8-16-5-4-6-17-12-30(13-20(16)17)23(33)9-18-7-21(29-24(18)34)25(35)31-14-26(3,27)10-19(31)11-28/h4-6,15,18-19,21H,7-10,12-14H2,1-3H3,(H,29,34)/t18-,19-,21-,26?/m0/s1. The van der Waals surface area contributed by atoms with Gasteiger partial charge in [-0.15, -0.1) is 0 Å². The van der Waals surface area contributed by atoms with E-state index in [1.54, 1.807) is 4.90 Å². The molecule has 0 aromatic heterocycles. The molecular formula is C26H31FN4O4. The van der Waals surface area contributed by atoms with Gasteiger partial charge in [-0.3, -0.25) is 19.2 Å². The summed E-state index contributed by atoms with van der Waals surface area (Å²) in [5, 5.41) is 11.9. The Labute approximate surface area is 204 Å². The topological polar surface area (TPSA) is 111 Å². The van der Waals surface area contributed by atoms with Gasteiger partial charge in [-0.05, 0) is 30.0 Å². The number of nitrogens with one attached hydrogen (secondary N) is 1. The highest BCUT2D eigenvalue weighted by Crippen LogP contribution is 2.33. The minimum Gasteiger partial charge on any atom is -0.344 e. The number of nitrogens with zero attached hydrogens (tertiary/aromatic N) is 3. The second kappa shape index (κ2) is 9.40. The van der Waals surface area contributed by atoms with Crippen molar-refractivity contribution in [2.24, 2.45) is 11.8 Å². The SMILES string of the molecule is CC(C)C(=O)Cc1cccc2c1CN(C(=O)C[C@@H]1C[C@@H](C(=O)N3CC(C)(F)C[C@H]3C#N)NC1=O)C2. The van der Waals surface area contributed by atoms with Crippen molar-refractivity contribution < 1.29 is 23.6 Å². The first kappa shape index (κ1) is 24.8. The van der Waals surface area contributed by atoms with Crippen LogP contribution >= 0.6 is 0 Å². The molecule has 2 saturated heterocycles. The second-order valence-electron chi connectivity index (χ2n) is 10.5. The monoisotopic (exact) mass is 482 g/mol. The van der Waals surface area contributed by atoms with Crippen LogP contribution in [0.2, 0.25) is 0 Å². The van der Waals surface area contributed by atoms with E-state index in [4.69, 9.17) is 0 Å². The lowest BCUT2D eigenvalue weighted by Crippen LogP contribution is -2.46. The fraction of sp³-hybridized carbons (Fsp3) is 0.577. The Morgan fingerprint density at radius 2 is 2.03 bits per heavy atom. The number of fused-ring (bicyclic) bond motifs is 1. The summed E-state index contributed by atoms with van der Waals surface area (Å²) in [5.41, 5.74) is 1.28.